The fourth-order valence-electron chi connectivity index (χ4n) is 1.65. The third kappa shape index (κ3) is 3.76. The van der Waals surface area contributed by atoms with Crippen molar-refractivity contribution in [2.45, 2.75) is 6.92 Å². The summed E-state index contributed by atoms with van der Waals surface area (Å²) < 4.78 is 0. The molecule has 0 fully saturated rings. The van der Waals surface area contributed by atoms with Gasteiger partial charge >= 0.3 is 0 Å². The van der Waals surface area contributed by atoms with E-state index in [9.17, 15) is 0 Å². The first-order valence-corrected chi connectivity index (χ1v) is 5.81. The third-order valence-electron chi connectivity index (χ3n) is 2.53. The quantitative estimate of drug-likeness (QED) is 0.651. The second-order valence-electron chi connectivity index (χ2n) is 4.04. The standard InChI is InChI=1S/C17H16/c1-15(14-17-10-6-3-7-11-17)12-13-16-8-4-2-5-9-16/h2-14H,1H3. The molecule has 2 aromatic rings. The van der Waals surface area contributed by atoms with Crippen LogP contribution in [0.4, 0.5) is 0 Å². The van der Waals surface area contributed by atoms with Gasteiger partial charge in [-0.25, -0.2) is 0 Å². The van der Waals surface area contributed by atoms with Gasteiger partial charge in [-0.1, -0.05) is 84.5 Å². The van der Waals surface area contributed by atoms with Gasteiger partial charge in [-0.3, -0.25) is 0 Å². The maximum Gasteiger partial charge on any atom is -0.0254 e. The molecular formula is C17H16. The fourth-order valence-corrected chi connectivity index (χ4v) is 1.65. The van der Waals surface area contributed by atoms with E-state index >= 15 is 0 Å². The Hall–Kier alpha value is -2.08. The SMILES string of the molecule is CC(C=Cc1ccccc1)=Cc1ccccc1. The van der Waals surface area contributed by atoms with Gasteiger partial charge in [0.1, 0.15) is 0 Å². The molecule has 0 saturated carbocycles. The Balaban J connectivity index is 2.09. The highest BCUT2D eigenvalue weighted by atomic mass is 13.9. The number of benzene rings is 2. The van der Waals surface area contributed by atoms with Crippen LogP contribution >= 0.6 is 0 Å². The Labute approximate surface area is 103 Å². The summed E-state index contributed by atoms with van der Waals surface area (Å²) in [6, 6.07) is 20.7. The van der Waals surface area contributed by atoms with E-state index in [1.807, 2.05) is 12.1 Å². The maximum absolute atomic E-state index is 2.18. The second-order valence-corrected chi connectivity index (χ2v) is 4.04. The monoisotopic (exact) mass is 220 g/mol. The lowest BCUT2D eigenvalue weighted by molar-refractivity contribution is 1.55. The summed E-state index contributed by atoms with van der Waals surface area (Å²) in [5.41, 5.74) is 3.72. The molecule has 0 bridgehead atoms. The van der Waals surface area contributed by atoms with Crippen molar-refractivity contribution >= 4 is 12.2 Å². The van der Waals surface area contributed by atoms with E-state index in [4.69, 9.17) is 0 Å². The van der Waals surface area contributed by atoms with Crippen molar-refractivity contribution in [2.75, 3.05) is 0 Å². The molecule has 0 spiro atoms. The maximum atomic E-state index is 2.18. The van der Waals surface area contributed by atoms with Crippen LogP contribution in [0.1, 0.15) is 18.1 Å². The van der Waals surface area contributed by atoms with Crippen LogP contribution in [0, 0.1) is 0 Å². The smallest absolute Gasteiger partial charge is 0.0254 e. The van der Waals surface area contributed by atoms with Gasteiger partial charge in [0.2, 0.25) is 0 Å². The van der Waals surface area contributed by atoms with E-state index in [1.54, 1.807) is 0 Å². The van der Waals surface area contributed by atoms with Crippen LogP contribution < -0.4 is 0 Å². The highest BCUT2D eigenvalue weighted by Crippen LogP contribution is 2.09. The summed E-state index contributed by atoms with van der Waals surface area (Å²) in [6.45, 7) is 2.12. The lowest BCUT2D eigenvalue weighted by atomic mass is 10.1. The Kier molecular flexibility index (Phi) is 3.93. The van der Waals surface area contributed by atoms with E-state index in [1.165, 1.54) is 16.7 Å². The zero-order chi connectivity index (χ0) is 11.9. The molecule has 17 heavy (non-hydrogen) atoms. The summed E-state index contributed by atoms with van der Waals surface area (Å²) in [5.74, 6) is 0. The molecule has 0 atom stereocenters. The van der Waals surface area contributed by atoms with Crippen molar-refractivity contribution in [2.24, 2.45) is 0 Å². The first kappa shape index (κ1) is 11.4. The highest BCUT2D eigenvalue weighted by molar-refractivity contribution is 5.60. The van der Waals surface area contributed by atoms with Crippen molar-refractivity contribution in [3.8, 4) is 0 Å². The predicted molar refractivity (Wildman–Crippen MR) is 75.6 cm³/mol. The summed E-state index contributed by atoms with van der Waals surface area (Å²) >= 11 is 0. The van der Waals surface area contributed by atoms with Gasteiger partial charge in [0.25, 0.3) is 0 Å². The molecule has 0 unspecified atom stereocenters. The Bertz CT molecular complexity index is 504. The number of hydrogen-bond donors (Lipinski definition) is 0. The lowest BCUT2D eigenvalue weighted by Gasteiger charge is -1.95. The topological polar surface area (TPSA) is 0 Å². The number of allylic oxidation sites excluding steroid dienone is 2. The first-order valence-electron chi connectivity index (χ1n) is 5.81. The van der Waals surface area contributed by atoms with Gasteiger partial charge in [0.15, 0.2) is 0 Å². The van der Waals surface area contributed by atoms with Crippen LogP contribution in [0.2, 0.25) is 0 Å². The van der Waals surface area contributed by atoms with Crippen LogP contribution in [0.5, 0.6) is 0 Å². The molecule has 0 aliphatic heterocycles. The zero-order valence-electron chi connectivity index (χ0n) is 10.0. The Morgan fingerprint density at radius 2 is 1.29 bits per heavy atom. The predicted octanol–water partition coefficient (Wildman–Crippen LogP) is 4.80. The molecule has 0 amide bonds. The van der Waals surface area contributed by atoms with Crippen LogP contribution in [-0.4, -0.2) is 0 Å². The number of hydrogen-bond acceptors (Lipinski definition) is 0. The molecule has 0 heteroatoms. The van der Waals surface area contributed by atoms with E-state index in [-0.39, 0.29) is 0 Å². The van der Waals surface area contributed by atoms with Gasteiger partial charge in [-0.05, 0) is 18.1 Å². The van der Waals surface area contributed by atoms with Crippen molar-refractivity contribution in [3.05, 3.63) is 83.4 Å². The van der Waals surface area contributed by atoms with Crippen molar-refractivity contribution < 1.29 is 0 Å². The molecule has 0 saturated heterocycles. The van der Waals surface area contributed by atoms with Gasteiger partial charge in [-0.2, -0.15) is 0 Å². The minimum Gasteiger partial charge on any atom is -0.0622 e. The van der Waals surface area contributed by atoms with E-state index < -0.39 is 0 Å². The van der Waals surface area contributed by atoms with E-state index in [0.29, 0.717) is 0 Å². The fraction of sp³-hybridized carbons (Fsp3) is 0.0588. The molecule has 0 aromatic heterocycles. The van der Waals surface area contributed by atoms with Gasteiger partial charge < -0.3 is 0 Å². The van der Waals surface area contributed by atoms with Crippen molar-refractivity contribution in [1.82, 2.24) is 0 Å². The average Bonchev–Trinajstić information content (AvgIpc) is 2.39. The molecule has 0 nitrogen and oxygen atoms in total. The van der Waals surface area contributed by atoms with Crippen molar-refractivity contribution in [1.29, 1.82) is 0 Å². The van der Waals surface area contributed by atoms with Gasteiger partial charge in [-0.15, -0.1) is 0 Å². The minimum atomic E-state index is 1.23. The molecule has 0 aliphatic carbocycles. The minimum absolute atomic E-state index is 1.23. The first-order chi connectivity index (χ1) is 8.34. The zero-order valence-corrected chi connectivity index (χ0v) is 10.0. The van der Waals surface area contributed by atoms with Crippen molar-refractivity contribution in [3.63, 3.8) is 0 Å². The average molecular weight is 220 g/mol. The molecule has 2 aromatic carbocycles. The number of rotatable bonds is 3. The molecule has 0 aliphatic rings. The van der Waals surface area contributed by atoms with Crippen LogP contribution in [0.15, 0.2) is 72.3 Å². The summed E-state index contributed by atoms with van der Waals surface area (Å²) in [5, 5.41) is 0. The molecule has 0 radical (unpaired) electrons. The van der Waals surface area contributed by atoms with E-state index in [0.717, 1.165) is 0 Å². The summed E-state index contributed by atoms with van der Waals surface area (Å²) in [4.78, 5) is 0. The largest absolute Gasteiger partial charge is 0.0622 e. The normalized spacial score (nSPS) is 11.9. The van der Waals surface area contributed by atoms with Gasteiger partial charge in [0.05, 0.1) is 0 Å². The van der Waals surface area contributed by atoms with E-state index in [2.05, 4.69) is 73.7 Å². The van der Waals surface area contributed by atoms with Gasteiger partial charge in [0, 0.05) is 0 Å². The van der Waals surface area contributed by atoms with Crippen LogP contribution in [0.3, 0.4) is 0 Å². The molecule has 2 rings (SSSR count). The molecule has 0 heterocycles. The summed E-state index contributed by atoms with van der Waals surface area (Å²) in [7, 11) is 0. The molecular weight excluding hydrogens is 204 g/mol. The Morgan fingerprint density at radius 1 is 0.765 bits per heavy atom. The summed E-state index contributed by atoms with van der Waals surface area (Å²) in [6.07, 6.45) is 6.45. The van der Waals surface area contributed by atoms with Crippen LogP contribution in [-0.2, 0) is 0 Å². The molecule has 0 N–H and O–H groups in total. The second kappa shape index (κ2) is 5.86. The molecule has 84 valence electrons. The third-order valence-corrected chi connectivity index (χ3v) is 2.53. The highest BCUT2D eigenvalue weighted by Gasteiger charge is 1.87. The van der Waals surface area contributed by atoms with Crippen LogP contribution in [0.25, 0.3) is 12.2 Å². The lowest BCUT2D eigenvalue weighted by Crippen LogP contribution is -1.73. The Morgan fingerprint density at radius 3 is 1.88 bits per heavy atom.